The van der Waals surface area contributed by atoms with Gasteiger partial charge in [-0.3, -0.25) is 4.98 Å². The predicted molar refractivity (Wildman–Crippen MR) is 74.9 cm³/mol. The van der Waals surface area contributed by atoms with Crippen molar-refractivity contribution in [2.75, 3.05) is 0 Å². The monoisotopic (exact) mass is 283 g/mol. The molecule has 3 rings (SSSR count). The van der Waals surface area contributed by atoms with Gasteiger partial charge in [0.25, 0.3) is 0 Å². The van der Waals surface area contributed by atoms with Gasteiger partial charge in [-0.05, 0) is 44.9 Å². The molecule has 17 heavy (non-hydrogen) atoms. The SMILES string of the molecule is Brc1ccc(-c2ccc3ccccc3c2)nc1. The molecule has 1 aromatic heterocycles. The number of rotatable bonds is 1. The minimum Gasteiger partial charge on any atom is -0.255 e. The lowest BCUT2D eigenvalue weighted by molar-refractivity contribution is 1.31. The van der Waals surface area contributed by atoms with Crippen LogP contribution in [0.15, 0.2) is 65.3 Å². The maximum Gasteiger partial charge on any atom is 0.0703 e. The van der Waals surface area contributed by atoms with Crippen LogP contribution in [-0.4, -0.2) is 4.98 Å². The summed E-state index contributed by atoms with van der Waals surface area (Å²) in [7, 11) is 0. The standard InChI is InChI=1S/C15H10BrN/c16-14-7-8-15(17-10-14)13-6-5-11-3-1-2-4-12(11)9-13/h1-10H. The molecule has 0 fully saturated rings. The van der Waals surface area contributed by atoms with Crippen LogP contribution in [0.5, 0.6) is 0 Å². The van der Waals surface area contributed by atoms with E-state index in [-0.39, 0.29) is 0 Å². The number of hydrogen-bond acceptors (Lipinski definition) is 1. The van der Waals surface area contributed by atoms with Crippen LogP contribution < -0.4 is 0 Å². The van der Waals surface area contributed by atoms with Crippen LogP contribution in [0.25, 0.3) is 22.0 Å². The number of nitrogens with zero attached hydrogens (tertiary/aromatic N) is 1. The third-order valence-electron chi connectivity index (χ3n) is 2.77. The number of aromatic nitrogens is 1. The summed E-state index contributed by atoms with van der Waals surface area (Å²) < 4.78 is 1.00. The summed E-state index contributed by atoms with van der Waals surface area (Å²) in [5.41, 5.74) is 2.15. The molecule has 0 amide bonds. The van der Waals surface area contributed by atoms with Crippen molar-refractivity contribution in [3.63, 3.8) is 0 Å². The average molecular weight is 284 g/mol. The van der Waals surface area contributed by atoms with Gasteiger partial charge in [-0.2, -0.15) is 0 Å². The Kier molecular flexibility index (Phi) is 2.65. The van der Waals surface area contributed by atoms with Gasteiger partial charge in [0.2, 0.25) is 0 Å². The van der Waals surface area contributed by atoms with Crippen LogP contribution in [0.2, 0.25) is 0 Å². The zero-order chi connectivity index (χ0) is 11.7. The highest BCUT2D eigenvalue weighted by Gasteiger charge is 2.00. The summed E-state index contributed by atoms with van der Waals surface area (Å²) >= 11 is 3.40. The quantitative estimate of drug-likeness (QED) is 0.633. The molecular weight excluding hydrogens is 274 g/mol. The largest absolute Gasteiger partial charge is 0.255 e. The Balaban J connectivity index is 2.14. The van der Waals surface area contributed by atoms with Crippen molar-refractivity contribution in [3.8, 4) is 11.3 Å². The van der Waals surface area contributed by atoms with E-state index in [1.165, 1.54) is 10.8 Å². The first-order valence-electron chi connectivity index (χ1n) is 5.44. The third kappa shape index (κ3) is 2.08. The molecule has 0 radical (unpaired) electrons. The van der Waals surface area contributed by atoms with Crippen molar-refractivity contribution < 1.29 is 0 Å². The van der Waals surface area contributed by atoms with Crippen LogP contribution >= 0.6 is 15.9 Å². The number of hydrogen-bond donors (Lipinski definition) is 0. The number of halogens is 1. The van der Waals surface area contributed by atoms with Gasteiger partial charge in [0.15, 0.2) is 0 Å². The molecule has 0 N–H and O–H groups in total. The summed E-state index contributed by atoms with van der Waals surface area (Å²) in [6.45, 7) is 0. The highest BCUT2D eigenvalue weighted by atomic mass is 79.9. The molecular formula is C15H10BrN. The Labute approximate surface area is 108 Å². The summed E-state index contributed by atoms with van der Waals surface area (Å²) in [4.78, 5) is 4.41. The van der Waals surface area contributed by atoms with Crippen molar-refractivity contribution in [3.05, 3.63) is 65.3 Å². The fraction of sp³-hybridized carbons (Fsp3) is 0. The average Bonchev–Trinajstić information content (AvgIpc) is 2.39. The third-order valence-corrected chi connectivity index (χ3v) is 3.24. The minimum absolute atomic E-state index is 0.999. The molecule has 1 nitrogen and oxygen atoms in total. The first kappa shape index (κ1) is 10.5. The van der Waals surface area contributed by atoms with E-state index in [1.54, 1.807) is 0 Å². The van der Waals surface area contributed by atoms with Crippen molar-refractivity contribution in [1.29, 1.82) is 0 Å². The van der Waals surface area contributed by atoms with Crippen LogP contribution in [0, 0.1) is 0 Å². The zero-order valence-corrected chi connectivity index (χ0v) is 10.7. The number of fused-ring (bicyclic) bond motifs is 1. The lowest BCUT2D eigenvalue weighted by Crippen LogP contribution is -1.83. The summed E-state index contributed by atoms with van der Waals surface area (Å²) in [5.74, 6) is 0. The lowest BCUT2D eigenvalue weighted by Gasteiger charge is -2.03. The summed E-state index contributed by atoms with van der Waals surface area (Å²) in [5, 5.41) is 2.50. The lowest BCUT2D eigenvalue weighted by atomic mass is 10.0. The molecule has 3 aromatic rings. The van der Waals surface area contributed by atoms with Gasteiger partial charge in [0.05, 0.1) is 5.69 Å². The Morgan fingerprint density at radius 3 is 2.41 bits per heavy atom. The van der Waals surface area contributed by atoms with E-state index >= 15 is 0 Å². The highest BCUT2D eigenvalue weighted by molar-refractivity contribution is 9.10. The van der Waals surface area contributed by atoms with Gasteiger partial charge >= 0.3 is 0 Å². The highest BCUT2D eigenvalue weighted by Crippen LogP contribution is 2.23. The number of benzene rings is 2. The van der Waals surface area contributed by atoms with E-state index in [4.69, 9.17) is 0 Å². The maximum atomic E-state index is 4.41. The van der Waals surface area contributed by atoms with Gasteiger partial charge in [0, 0.05) is 16.2 Å². The maximum absolute atomic E-state index is 4.41. The topological polar surface area (TPSA) is 12.9 Å². The minimum atomic E-state index is 0.999. The summed E-state index contributed by atoms with van der Waals surface area (Å²) in [6, 6.07) is 18.8. The molecule has 0 spiro atoms. The molecule has 82 valence electrons. The second-order valence-electron chi connectivity index (χ2n) is 3.92. The molecule has 0 saturated heterocycles. The van der Waals surface area contributed by atoms with Crippen LogP contribution in [0.1, 0.15) is 0 Å². The normalized spacial score (nSPS) is 10.6. The van der Waals surface area contributed by atoms with Crippen molar-refractivity contribution in [2.24, 2.45) is 0 Å². The van der Waals surface area contributed by atoms with E-state index in [0.717, 1.165) is 15.7 Å². The van der Waals surface area contributed by atoms with Gasteiger partial charge in [-0.1, -0.05) is 36.4 Å². The van der Waals surface area contributed by atoms with E-state index in [9.17, 15) is 0 Å². The molecule has 0 bridgehead atoms. The van der Waals surface area contributed by atoms with E-state index in [0.29, 0.717) is 0 Å². The van der Waals surface area contributed by atoms with E-state index < -0.39 is 0 Å². The van der Waals surface area contributed by atoms with Crippen LogP contribution in [0.4, 0.5) is 0 Å². The van der Waals surface area contributed by atoms with Gasteiger partial charge in [-0.15, -0.1) is 0 Å². The van der Waals surface area contributed by atoms with Crippen molar-refractivity contribution >= 4 is 26.7 Å². The molecule has 0 saturated carbocycles. The zero-order valence-electron chi connectivity index (χ0n) is 9.10. The number of pyridine rings is 1. The van der Waals surface area contributed by atoms with Gasteiger partial charge in [-0.25, -0.2) is 0 Å². The van der Waals surface area contributed by atoms with E-state index in [2.05, 4.69) is 63.4 Å². The van der Waals surface area contributed by atoms with Crippen molar-refractivity contribution in [2.45, 2.75) is 0 Å². The van der Waals surface area contributed by atoms with Crippen molar-refractivity contribution in [1.82, 2.24) is 4.98 Å². The van der Waals surface area contributed by atoms with Crippen LogP contribution in [0.3, 0.4) is 0 Å². The second-order valence-corrected chi connectivity index (χ2v) is 4.84. The Bertz CT molecular complexity index is 659. The molecule has 0 aliphatic carbocycles. The first-order chi connectivity index (χ1) is 8.33. The summed E-state index contributed by atoms with van der Waals surface area (Å²) in [6.07, 6.45) is 1.82. The first-order valence-corrected chi connectivity index (χ1v) is 6.23. The molecule has 1 heterocycles. The molecule has 0 aliphatic heterocycles. The fourth-order valence-electron chi connectivity index (χ4n) is 1.90. The Morgan fingerprint density at radius 2 is 1.65 bits per heavy atom. The molecule has 2 heteroatoms. The molecule has 0 atom stereocenters. The van der Waals surface area contributed by atoms with E-state index in [1.807, 2.05) is 18.3 Å². The van der Waals surface area contributed by atoms with Crippen LogP contribution in [-0.2, 0) is 0 Å². The fourth-order valence-corrected chi connectivity index (χ4v) is 2.13. The Hall–Kier alpha value is -1.67. The second kappa shape index (κ2) is 4.30. The molecule has 0 aliphatic rings. The Morgan fingerprint density at radius 1 is 0.824 bits per heavy atom. The molecule has 2 aromatic carbocycles. The molecule has 0 unspecified atom stereocenters. The smallest absolute Gasteiger partial charge is 0.0703 e. The predicted octanol–water partition coefficient (Wildman–Crippen LogP) is 4.66. The van der Waals surface area contributed by atoms with Gasteiger partial charge < -0.3 is 0 Å². The van der Waals surface area contributed by atoms with Gasteiger partial charge in [0.1, 0.15) is 0 Å².